The van der Waals surface area contributed by atoms with Crippen molar-refractivity contribution in [2.45, 2.75) is 38.1 Å². The molecular formula is C8H17N5O. The molecule has 0 spiro atoms. The molecule has 0 radical (unpaired) electrons. The minimum absolute atomic E-state index is 0.179. The lowest BCUT2D eigenvalue weighted by Crippen LogP contribution is -2.44. The molecule has 0 atom stereocenters. The largest absolute Gasteiger partial charge is 0.351 e. The van der Waals surface area contributed by atoms with Gasteiger partial charge in [0.2, 0.25) is 0 Å². The Labute approximate surface area is 83.3 Å². The summed E-state index contributed by atoms with van der Waals surface area (Å²) in [7, 11) is 0. The van der Waals surface area contributed by atoms with E-state index in [1.165, 1.54) is 17.7 Å². The molecule has 1 fully saturated rings. The number of hydrazine groups is 1. The normalized spacial score (nSPS) is 18.4. The van der Waals surface area contributed by atoms with Gasteiger partial charge in [-0.2, -0.15) is 5.10 Å². The number of nitrogens with one attached hydrogen (secondary N) is 1. The van der Waals surface area contributed by atoms with E-state index in [0.29, 0.717) is 0 Å². The lowest BCUT2D eigenvalue weighted by Gasteiger charge is -2.29. The molecule has 0 aliphatic heterocycles. The van der Waals surface area contributed by atoms with Gasteiger partial charge in [0, 0.05) is 6.04 Å². The molecule has 0 aromatic rings. The number of carbonyl (C=O) groups excluding carboxylic acids is 1. The molecule has 0 aromatic heterocycles. The highest BCUT2D eigenvalue weighted by Crippen LogP contribution is 2.21. The van der Waals surface area contributed by atoms with Gasteiger partial charge in [0.25, 0.3) is 0 Å². The van der Waals surface area contributed by atoms with E-state index in [0.717, 1.165) is 25.7 Å². The molecule has 0 saturated heterocycles. The predicted octanol–water partition coefficient (Wildman–Crippen LogP) is 0.106. The maximum atomic E-state index is 11.1. The highest BCUT2D eigenvalue weighted by atomic mass is 16.2. The lowest BCUT2D eigenvalue weighted by molar-refractivity contribution is 0.206. The summed E-state index contributed by atoms with van der Waals surface area (Å²) in [5.41, 5.74) is 7.35. The quantitative estimate of drug-likeness (QED) is 0.260. The van der Waals surface area contributed by atoms with E-state index < -0.39 is 6.03 Å². The van der Waals surface area contributed by atoms with E-state index in [1.807, 2.05) is 0 Å². The van der Waals surface area contributed by atoms with Crippen LogP contribution in [0.25, 0.3) is 0 Å². The molecule has 0 bridgehead atoms. The highest BCUT2D eigenvalue weighted by molar-refractivity contribution is 5.85. The van der Waals surface area contributed by atoms with Crippen molar-refractivity contribution in [1.82, 2.24) is 10.4 Å². The topological polar surface area (TPSA) is 96.7 Å². The third-order valence-corrected chi connectivity index (χ3v) is 2.48. The molecule has 1 rings (SSSR count). The van der Waals surface area contributed by atoms with Crippen LogP contribution in [0.15, 0.2) is 5.10 Å². The zero-order chi connectivity index (χ0) is 10.4. The molecule has 1 aliphatic rings. The summed E-state index contributed by atoms with van der Waals surface area (Å²) >= 11 is 0. The monoisotopic (exact) mass is 199 g/mol. The van der Waals surface area contributed by atoms with E-state index in [4.69, 9.17) is 11.6 Å². The number of amides is 2. The molecule has 1 aliphatic carbocycles. The standard InChI is InChI=1S/C8H17N5O/c9-8(14)13(6-11-12-10)7-4-2-1-3-5-7/h6-7,12H,1-5,10H2,(H2,9,14). The molecular weight excluding hydrogens is 182 g/mol. The summed E-state index contributed by atoms with van der Waals surface area (Å²) < 4.78 is 0. The first-order valence-electron chi connectivity index (χ1n) is 4.82. The smallest absolute Gasteiger partial charge is 0.320 e. The van der Waals surface area contributed by atoms with Crippen molar-refractivity contribution in [3.05, 3.63) is 0 Å². The Kier molecular flexibility index (Phi) is 4.18. The molecule has 2 amide bonds. The van der Waals surface area contributed by atoms with Crippen molar-refractivity contribution in [2.75, 3.05) is 0 Å². The first-order chi connectivity index (χ1) is 6.75. The zero-order valence-corrected chi connectivity index (χ0v) is 8.15. The van der Waals surface area contributed by atoms with Gasteiger partial charge in [0.05, 0.1) is 0 Å². The average Bonchev–Trinajstić information content (AvgIpc) is 2.19. The second-order valence-corrected chi connectivity index (χ2v) is 3.41. The minimum Gasteiger partial charge on any atom is -0.351 e. The maximum Gasteiger partial charge on any atom is 0.320 e. The van der Waals surface area contributed by atoms with E-state index >= 15 is 0 Å². The molecule has 6 heteroatoms. The Morgan fingerprint density at radius 2 is 2.07 bits per heavy atom. The second-order valence-electron chi connectivity index (χ2n) is 3.41. The SMILES string of the molecule is NNN=CN(C(N)=O)C1CCCCC1. The molecule has 0 heterocycles. The van der Waals surface area contributed by atoms with Gasteiger partial charge >= 0.3 is 6.03 Å². The fourth-order valence-electron chi connectivity index (χ4n) is 1.79. The second kappa shape index (κ2) is 5.43. The van der Waals surface area contributed by atoms with Crippen LogP contribution in [0.3, 0.4) is 0 Å². The van der Waals surface area contributed by atoms with Gasteiger partial charge in [-0.05, 0) is 12.8 Å². The summed E-state index contributed by atoms with van der Waals surface area (Å²) in [6, 6.07) is -0.297. The van der Waals surface area contributed by atoms with Crippen LogP contribution in [-0.2, 0) is 0 Å². The van der Waals surface area contributed by atoms with Crippen molar-refractivity contribution in [2.24, 2.45) is 16.7 Å². The van der Waals surface area contributed by atoms with Crippen LogP contribution in [0.4, 0.5) is 4.79 Å². The number of rotatable bonds is 3. The van der Waals surface area contributed by atoms with Crippen molar-refractivity contribution >= 4 is 12.4 Å². The Morgan fingerprint density at radius 1 is 1.43 bits per heavy atom. The molecule has 0 unspecified atom stereocenters. The van der Waals surface area contributed by atoms with E-state index in [9.17, 15) is 4.79 Å². The van der Waals surface area contributed by atoms with Crippen LogP contribution in [0.1, 0.15) is 32.1 Å². The number of carbonyl (C=O) groups is 1. The Balaban J connectivity index is 2.56. The molecule has 1 saturated carbocycles. The van der Waals surface area contributed by atoms with Crippen LogP contribution >= 0.6 is 0 Å². The fourth-order valence-corrected chi connectivity index (χ4v) is 1.79. The van der Waals surface area contributed by atoms with E-state index in [-0.39, 0.29) is 6.04 Å². The highest BCUT2D eigenvalue weighted by Gasteiger charge is 2.22. The van der Waals surface area contributed by atoms with Crippen LogP contribution in [0.2, 0.25) is 0 Å². The van der Waals surface area contributed by atoms with Gasteiger partial charge in [0.1, 0.15) is 6.34 Å². The van der Waals surface area contributed by atoms with E-state index in [1.54, 1.807) is 0 Å². The van der Waals surface area contributed by atoms with Crippen LogP contribution in [0, 0.1) is 0 Å². The minimum atomic E-state index is -0.476. The van der Waals surface area contributed by atoms with Crippen molar-refractivity contribution < 1.29 is 4.79 Å². The predicted molar refractivity (Wildman–Crippen MR) is 54.1 cm³/mol. The van der Waals surface area contributed by atoms with Gasteiger partial charge < -0.3 is 5.73 Å². The number of nitrogens with zero attached hydrogens (tertiary/aromatic N) is 2. The first-order valence-corrected chi connectivity index (χ1v) is 4.82. The number of hydrazone groups is 1. The Hall–Kier alpha value is -1.30. The van der Waals surface area contributed by atoms with Gasteiger partial charge in [-0.3, -0.25) is 4.90 Å². The molecule has 5 N–H and O–H groups in total. The summed E-state index contributed by atoms with van der Waals surface area (Å²) in [4.78, 5) is 12.5. The Bertz CT molecular complexity index is 212. The Morgan fingerprint density at radius 3 is 2.57 bits per heavy atom. The van der Waals surface area contributed by atoms with Gasteiger partial charge in [0.15, 0.2) is 0 Å². The van der Waals surface area contributed by atoms with Crippen LogP contribution < -0.4 is 17.1 Å². The van der Waals surface area contributed by atoms with Crippen molar-refractivity contribution in [3.63, 3.8) is 0 Å². The summed E-state index contributed by atoms with van der Waals surface area (Å²) in [6.45, 7) is 0. The summed E-state index contributed by atoms with van der Waals surface area (Å²) in [5, 5.41) is 3.60. The number of hydrogen-bond acceptors (Lipinski definition) is 4. The van der Waals surface area contributed by atoms with Gasteiger partial charge in [-0.1, -0.05) is 19.3 Å². The molecule has 6 nitrogen and oxygen atoms in total. The van der Waals surface area contributed by atoms with E-state index in [2.05, 4.69) is 10.6 Å². The number of nitrogens with two attached hydrogens (primary N) is 2. The van der Waals surface area contributed by atoms with Crippen molar-refractivity contribution in [1.29, 1.82) is 0 Å². The molecule has 80 valence electrons. The van der Waals surface area contributed by atoms with Crippen molar-refractivity contribution in [3.8, 4) is 0 Å². The summed E-state index contributed by atoms with van der Waals surface area (Å²) in [5.74, 6) is 4.98. The fraction of sp³-hybridized carbons (Fsp3) is 0.750. The average molecular weight is 199 g/mol. The van der Waals surface area contributed by atoms with Gasteiger partial charge in [-0.25, -0.2) is 16.2 Å². The number of hydrogen-bond donors (Lipinski definition) is 3. The first kappa shape index (κ1) is 10.8. The summed E-state index contributed by atoms with van der Waals surface area (Å²) in [6.07, 6.45) is 6.84. The molecule has 14 heavy (non-hydrogen) atoms. The number of primary amides is 1. The van der Waals surface area contributed by atoms with Gasteiger partial charge in [-0.15, -0.1) is 0 Å². The lowest BCUT2D eigenvalue weighted by atomic mass is 9.95. The molecule has 0 aromatic carbocycles. The van der Waals surface area contributed by atoms with Crippen LogP contribution in [0.5, 0.6) is 0 Å². The number of urea groups is 1. The van der Waals surface area contributed by atoms with Crippen LogP contribution in [-0.4, -0.2) is 23.3 Å². The maximum absolute atomic E-state index is 11.1. The third-order valence-electron chi connectivity index (χ3n) is 2.48. The zero-order valence-electron chi connectivity index (χ0n) is 8.15. The third kappa shape index (κ3) is 2.88.